The number of amides is 1. The molecule has 0 aliphatic rings. The number of aliphatic hydroxyl groups excluding tert-OH is 1. The second-order valence-corrected chi connectivity index (χ2v) is 4.80. The van der Waals surface area contributed by atoms with E-state index in [2.05, 4.69) is 4.98 Å². The number of nitrogens with zero attached hydrogens (tertiary/aromatic N) is 3. The maximum atomic E-state index is 12.1. The molecule has 1 aromatic rings. The number of carbonyl (C=O) groups excluding carboxylic acids is 1. The fraction of sp³-hybridized carbons (Fsp3) is 0.500. The lowest BCUT2D eigenvalue weighted by molar-refractivity contribution is 0.0632. The first-order valence-corrected chi connectivity index (χ1v) is 5.98. The predicted octanol–water partition coefficient (Wildman–Crippen LogP) is 0.729. The maximum Gasteiger partial charge on any atom is 0.256 e. The normalized spacial score (nSPS) is 12.6. The molecule has 0 saturated carbocycles. The van der Waals surface area contributed by atoms with Crippen LogP contribution in [-0.4, -0.2) is 66.1 Å². The first-order valence-electron chi connectivity index (χ1n) is 5.60. The summed E-state index contributed by atoms with van der Waals surface area (Å²) in [4.78, 5) is 19.2. The van der Waals surface area contributed by atoms with Gasteiger partial charge in [0.15, 0.2) is 0 Å². The Morgan fingerprint density at radius 1 is 1.44 bits per heavy atom. The van der Waals surface area contributed by atoms with Gasteiger partial charge in [0.05, 0.1) is 11.7 Å². The molecule has 0 bridgehead atoms. The van der Waals surface area contributed by atoms with Gasteiger partial charge in [0.25, 0.3) is 5.91 Å². The minimum absolute atomic E-state index is 0.177. The molecule has 5 nitrogen and oxygen atoms in total. The zero-order valence-corrected chi connectivity index (χ0v) is 11.6. The Bertz CT molecular complexity index is 412. The fourth-order valence-corrected chi connectivity index (χ4v) is 1.83. The summed E-state index contributed by atoms with van der Waals surface area (Å²) in [5.41, 5.74) is 0.346. The SMILES string of the molecule is CN(C)CC(O)CN(C)C(=O)c1cccnc1Cl. The second-order valence-electron chi connectivity index (χ2n) is 4.44. The summed E-state index contributed by atoms with van der Waals surface area (Å²) in [6.45, 7) is 0.751. The molecule has 0 fully saturated rings. The van der Waals surface area contributed by atoms with Crippen LogP contribution in [0.15, 0.2) is 18.3 Å². The maximum absolute atomic E-state index is 12.1. The van der Waals surface area contributed by atoms with Crippen molar-refractivity contribution >= 4 is 17.5 Å². The quantitative estimate of drug-likeness (QED) is 0.802. The molecule has 1 amide bonds. The summed E-state index contributed by atoms with van der Waals surface area (Å²) in [7, 11) is 5.36. The number of pyridine rings is 1. The minimum Gasteiger partial charge on any atom is -0.390 e. The lowest BCUT2D eigenvalue weighted by Crippen LogP contribution is -2.39. The number of halogens is 1. The Morgan fingerprint density at radius 2 is 2.11 bits per heavy atom. The molecule has 1 N–H and O–H groups in total. The first kappa shape index (κ1) is 14.9. The smallest absolute Gasteiger partial charge is 0.256 e. The summed E-state index contributed by atoms with van der Waals surface area (Å²) < 4.78 is 0. The van der Waals surface area contributed by atoms with E-state index in [0.29, 0.717) is 12.1 Å². The third kappa shape index (κ3) is 4.25. The van der Waals surface area contributed by atoms with Crippen LogP contribution in [0.2, 0.25) is 5.15 Å². The highest BCUT2D eigenvalue weighted by atomic mass is 35.5. The highest BCUT2D eigenvalue weighted by molar-refractivity contribution is 6.32. The van der Waals surface area contributed by atoms with E-state index in [1.54, 1.807) is 19.2 Å². The van der Waals surface area contributed by atoms with Gasteiger partial charge in [0, 0.05) is 26.3 Å². The Morgan fingerprint density at radius 3 is 2.67 bits per heavy atom. The van der Waals surface area contributed by atoms with Crippen LogP contribution in [0.1, 0.15) is 10.4 Å². The zero-order chi connectivity index (χ0) is 13.7. The highest BCUT2D eigenvalue weighted by Gasteiger charge is 2.18. The van der Waals surface area contributed by atoms with E-state index in [4.69, 9.17) is 11.6 Å². The van der Waals surface area contributed by atoms with Gasteiger partial charge in [-0.2, -0.15) is 0 Å². The van der Waals surface area contributed by atoms with Crippen molar-refractivity contribution < 1.29 is 9.90 Å². The number of carbonyl (C=O) groups is 1. The molecule has 1 unspecified atom stereocenters. The molecule has 0 radical (unpaired) electrons. The van der Waals surface area contributed by atoms with Crippen molar-refractivity contribution in [1.82, 2.24) is 14.8 Å². The lowest BCUT2D eigenvalue weighted by Gasteiger charge is -2.23. The van der Waals surface area contributed by atoms with Crippen molar-refractivity contribution in [2.75, 3.05) is 34.2 Å². The zero-order valence-electron chi connectivity index (χ0n) is 10.8. The highest BCUT2D eigenvalue weighted by Crippen LogP contribution is 2.13. The number of rotatable bonds is 5. The van der Waals surface area contributed by atoms with E-state index in [0.717, 1.165) is 0 Å². The van der Waals surface area contributed by atoms with E-state index >= 15 is 0 Å². The monoisotopic (exact) mass is 271 g/mol. The van der Waals surface area contributed by atoms with Gasteiger partial charge in [-0.15, -0.1) is 0 Å². The van der Waals surface area contributed by atoms with Gasteiger partial charge in [-0.25, -0.2) is 4.98 Å². The molecule has 0 spiro atoms. The van der Waals surface area contributed by atoms with E-state index < -0.39 is 6.10 Å². The fourth-order valence-electron chi connectivity index (χ4n) is 1.63. The van der Waals surface area contributed by atoms with E-state index in [1.807, 2.05) is 19.0 Å². The van der Waals surface area contributed by atoms with Gasteiger partial charge in [-0.05, 0) is 26.2 Å². The van der Waals surface area contributed by atoms with Crippen LogP contribution < -0.4 is 0 Å². The molecule has 0 aliphatic carbocycles. The molecule has 6 heteroatoms. The Labute approximate surface area is 112 Å². The standard InChI is InChI=1S/C12H18ClN3O2/c1-15(2)7-9(17)8-16(3)12(18)10-5-4-6-14-11(10)13/h4-6,9,17H,7-8H2,1-3H3. The predicted molar refractivity (Wildman–Crippen MR) is 70.8 cm³/mol. The van der Waals surface area contributed by atoms with E-state index in [1.165, 1.54) is 11.1 Å². The average Bonchev–Trinajstić information content (AvgIpc) is 2.27. The van der Waals surface area contributed by atoms with Crippen molar-refractivity contribution in [2.24, 2.45) is 0 Å². The van der Waals surface area contributed by atoms with Gasteiger partial charge in [0.2, 0.25) is 0 Å². The Kier molecular flexibility index (Phi) is 5.53. The van der Waals surface area contributed by atoms with Crippen molar-refractivity contribution in [2.45, 2.75) is 6.10 Å². The lowest BCUT2D eigenvalue weighted by atomic mass is 10.2. The van der Waals surface area contributed by atoms with Gasteiger partial charge in [0.1, 0.15) is 5.15 Å². The topological polar surface area (TPSA) is 56.7 Å². The van der Waals surface area contributed by atoms with E-state index in [-0.39, 0.29) is 17.6 Å². The average molecular weight is 272 g/mol. The molecule has 0 aromatic carbocycles. The molecule has 100 valence electrons. The molecular formula is C12H18ClN3O2. The number of aromatic nitrogens is 1. The van der Waals surface area contributed by atoms with E-state index in [9.17, 15) is 9.90 Å². The number of hydrogen-bond donors (Lipinski definition) is 1. The minimum atomic E-state index is -0.593. The van der Waals surface area contributed by atoms with Gasteiger partial charge in [-0.1, -0.05) is 11.6 Å². The molecule has 1 rings (SSSR count). The van der Waals surface area contributed by atoms with Crippen LogP contribution >= 0.6 is 11.6 Å². The third-order valence-electron chi connectivity index (χ3n) is 2.40. The molecule has 1 aromatic heterocycles. The Balaban J connectivity index is 2.65. The van der Waals surface area contributed by atoms with Crippen molar-refractivity contribution in [3.63, 3.8) is 0 Å². The summed E-state index contributed by atoms with van der Waals surface area (Å²) in [5, 5.41) is 9.95. The second kappa shape index (κ2) is 6.68. The molecule has 18 heavy (non-hydrogen) atoms. The summed E-state index contributed by atoms with van der Waals surface area (Å²) >= 11 is 5.85. The first-order chi connectivity index (χ1) is 8.41. The summed E-state index contributed by atoms with van der Waals surface area (Å²) in [6, 6.07) is 3.27. The van der Waals surface area contributed by atoms with Crippen LogP contribution in [0.3, 0.4) is 0 Å². The van der Waals surface area contributed by atoms with Crippen LogP contribution in [0, 0.1) is 0 Å². The molecule has 0 aliphatic heterocycles. The summed E-state index contributed by atoms with van der Waals surface area (Å²) in [5.74, 6) is -0.245. The number of hydrogen-bond acceptors (Lipinski definition) is 4. The van der Waals surface area contributed by atoms with Gasteiger partial charge >= 0.3 is 0 Å². The summed E-state index contributed by atoms with van der Waals surface area (Å²) in [6.07, 6.45) is 0.935. The Hall–Kier alpha value is -1.17. The van der Waals surface area contributed by atoms with Crippen molar-refractivity contribution in [3.8, 4) is 0 Å². The van der Waals surface area contributed by atoms with Crippen LogP contribution in [0.25, 0.3) is 0 Å². The molecule has 1 atom stereocenters. The van der Waals surface area contributed by atoms with Gasteiger partial charge in [-0.3, -0.25) is 4.79 Å². The van der Waals surface area contributed by atoms with Crippen molar-refractivity contribution in [1.29, 1.82) is 0 Å². The molecular weight excluding hydrogens is 254 g/mol. The van der Waals surface area contributed by atoms with Crippen LogP contribution in [-0.2, 0) is 0 Å². The van der Waals surface area contributed by atoms with Crippen LogP contribution in [0.5, 0.6) is 0 Å². The number of likely N-dealkylation sites (N-methyl/N-ethyl adjacent to an activating group) is 2. The van der Waals surface area contributed by atoms with Crippen molar-refractivity contribution in [3.05, 3.63) is 29.0 Å². The molecule has 0 saturated heterocycles. The number of aliphatic hydroxyl groups is 1. The third-order valence-corrected chi connectivity index (χ3v) is 2.70. The molecule has 1 heterocycles. The van der Waals surface area contributed by atoms with Crippen LogP contribution in [0.4, 0.5) is 0 Å². The largest absolute Gasteiger partial charge is 0.390 e. The van der Waals surface area contributed by atoms with Gasteiger partial charge < -0.3 is 14.9 Å².